The van der Waals surface area contributed by atoms with Gasteiger partial charge in [-0.15, -0.1) is 0 Å². The lowest BCUT2D eigenvalue weighted by Crippen LogP contribution is -2.24. The number of rotatable bonds is 2. The van der Waals surface area contributed by atoms with Crippen LogP contribution in [-0.4, -0.2) is 16.9 Å². The molecule has 0 aliphatic rings. The molecular formula is C17H12Cl2N4O. The van der Waals surface area contributed by atoms with E-state index in [1.807, 2.05) is 24.3 Å². The number of halogens is 2. The molecule has 5 nitrogen and oxygen atoms in total. The van der Waals surface area contributed by atoms with Gasteiger partial charge in [-0.3, -0.25) is 4.79 Å². The second-order valence-corrected chi connectivity index (χ2v) is 5.86. The molecule has 1 amide bonds. The normalized spacial score (nSPS) is 10.6. The van der Waals surface area contributed by atoms with E-state index in [0.717, 1.165) is 21.9 Å². The molecule has 3 aromatic rings. The fourth-order valence-electron chi connectivity index (χ4n) is 2.44. The molecule has 0 spiro atoms. The molecule has 7 heteroatoms. The van der Waals surface area contributed by atoms with Crippen LogP contribution in [0.25, 0.3) is 21.9 Å². The van der Waals surface area contributed by atoms with Crippen molar-refractivity contribution < 1.29 is 4.79 Å². The smallest absolute Gasteiger partial charge is 0.280 e. The number of fused-ring (bicyclic) bond motifs is 1. The summed E-state index contributed by atoms with van der Waals surface area (Å²) in [6, 6.07) is 12.6. The Hall–Kier alpha value is -2.63. The van der Waals surface area contributed by atoms with Crippen LogP contribution in [0.1, 0.15) is 10.4 Å². The van der Waals surface area contributed by atoms with Crippen molar-refractivity contribution in [3.8, 4) is 11.1 Å². The maximum atomic E-state index is 12.1. The average molecular weight is 359 g/mol. The Labute approximate surface area is 147 Å². The summed E-state index contributed by atoms with van der Waals surface area (Å²) in [7, 11) is 0. The van der Waals surface area contributed by atoms with E-state index in [2.05, 4.69) is 9.98 Å². The molecular weight excluding hydrogens is 347 g/mol. The first-order chi connectivity index (χ1) is 11.5. The molecule has 0 saturated heterocycles. The highest BCUT2D eigenvalue weighted by atomic mass is 35.5. The molecule has 3 rings (SSSR count). The minimum absolute atomic E-state index is 0.280. The number of benzene rings is 2. The topological polar surface area (TPSA) is 94.4 Å². The third-order valence-electron chi connectivity index (χ3n) is 3.47. The van der Waals surface area contributed by atoms with E-state index in [1.54, 1.807) is 18.2 Å². The summed E-state index contributed by atoms with van der Waals surface area (Å²) in [6.45, 7) is 0. The van der Waals surface area contributed by atoms with Crippen molar-refractivity contribution in [2.24, 2.45) is 16.5 Å². The number of carbonyl (C=O) groups excluding carboxylic acids is 1. The first-order valence-electron chi connectivity index (χ1n) is 6.94. The van der Waals surface area contributed by atoms with Gasteiger partial charge in [0.05, 0.1) is 5.02 Å². The first-order valence-corrected chi connectivity index (χ1v) is 7.69. The van der Waals surface area contributed by atoms with E-state index in [-0.39, 0.29) is 5.96 Å². The predicted molar refractivity (Wildman–Crippen MR) is 97.3 cm³/mol. The molecule has 0 aliphatic carbocycles. The minimum atomic E-state index is -0.509. The van der Waals surface area contributed by atoms with E-state index < -0.39 is 5.91 Å². The number of amides is 1. The Morgan fingerprint density at radius 3 is 2.58 bits per heavy atom. The molecule has 0 bridgehead atoms. The van der Waals surface area contributed by atoms with Crippen LogP contribution in [0.3, 0.4) is 0 Å². The molecule has 2 aromatic carbocycles. The summed E-state index contributed by atoms with van der Waals surface area (Å²) in [4.78, 5) is 19.6. The lowest BCUT2D eigenvalue weighted by atomic mass is 9.97. The maximum Gasteiger partial charge on any atom is 0.280 e. The Morgan fingerprint density at radius 2 is 1.83 bits per heavy atom. The Bertz CT molecular complexity index is 981. The SMILES string of the molecule is NC(N)=NC(=O)c1ccc2cccc(-c3cc(Cl)ncc3Cl)c2c1. The van der Waals surface area contributed by atoms with E-state index in [0.29, 0.717) is 15.7 Å². The number of aliphatic imine (C=N–C) groups is 1. The minimum Gasteiger partial charge on any atom is -0.370 e. The Morgan fingerprint density at radius 1 is 1.04 bits per heavy atom. The van der Waals surface area contributed by atoms with Crippen LogP contribution >= 0.6 is 23.2 Å². The largest absolute Gasteiger partial charge is 0.370 e. The zero-order valence-corrected chi connectivity index (χ0v) is 13.8. The monoisotopic (exact) mass is 358 g/mol. The number of nitrogens with zero attached hydrogens (tertiary/aromatic N) is 2. The third-order valence-corrected chi connectivity index (χ3v) is 3.98. The van der Waals surface area contributed by atoms with Gasteiger partial charge in [0, 0.05) is 17.3 Å². The highest BCUT2D eigenvalue weighted by Crippen LogP contribution is 2.34. The van der Waals surface area contributed by atoms with Crippen molar-refractivity contribution in [3.05, 3.63) is 64.4 Å². The molecule has 24 heavy (non-hydrogen) atoms. The quantitative estimate of drug-likeness (QED) is 0.415. The van der Waals surface area contributed by atoms with Crippen molar-refractivity contribution in [1.82, 2.24) is 4.98 Å². The standard InChI is InChI=1S/C17H12Cl2N4O/c18-14-8-22-15(19)7-13(14)11-3-1-2-9-4-5-10(6-12(9)11)16(24)23-17(20)21/h1-8H,(H4,20,21,23,24). The van der Waals surface area contributed by atoms with Gasteiger partial charge in [-0.25, -0.2) is 4.98 Å². The van der Waals surface area contributed by atoms with Gasteiger partial charge < -0.3 is 11.5 Å². The van der Waals surface area contributed by atoms with Crippen LogP contribution in [0, 0.1) is 0 Å². The summed E-state index contributed by atoms with van der Waals surface area (Å²) in [6.07, 6.45) is 1.49. The Kier molecular flexibility index (Phi) is 4.38. The van der Waals surface area contributed by atoms with Crippen LogP contribution < -0.4 is 11.5 Å². The van der Waals surface area contributed by atoms with E-state index >= 15 is 0 Å². The fourth-order valence-corrected chi connectivity index (χ4v) is 2.81. The van der Waals surface area contributed by atoms with Gasteiger partial charge in [-0.1, -0.05) is 47.5 Å². The summed E-state index contributed by atoms with van der Waals surface area (Å²) >= 11 is 12.2. The number of aromatic nitrogens is 1. The van der Waals surface area contributed by atoms with Gasteiger partial charge >= 0.3 is 0 Å². The fraction of sp³-hybridized carbons (Fsp3) is 0. The summed E-state index contributed by atoms with van der Waals surface area (Å²) in [5.74, 6) is -0.789. The molecule has 1 aromatic heterocycles. The molecule has 0 saturated carbocycles. The highest BCUT2D eigenvalue weighted by molar-refractivity contribution is 6.35. The second-order valence-electron chi connectivity index (χ2n) is 5.07. The van der Waals surface area contributed by atoms with Crippen LogP contribution in [0.15, 0.2) is 53.7 Å². The van der Waals surface area contributed by atoms with E-state index in [9.17, 15) is 4.79 Å². The van der Waals surface area contributed by atoms with E-state index in [1.165, 1.54) is 6.20 Å². The number of carbonyl (C=O) groups is 1. The Balaban J connectivity index is 2.24. The van der Waals surface area contributed by atoms with Gasteiger partial charge in [0.15, 0.2) is 5.96 Å². The van der Waals surface area contributed by atoms with E-state index in [4.69, 9.17) is 34.7 Å². The van der Waals surface area contributed by atoms with Crippen molar-refractivity contribution in [2.75, 3.05) is 0 Å². The van der Waals surface area contributed by atoms with Gasteiger partial charge in [0.2, 0.25) is 0 Å². The molecule has 0 radical (unpaired) electrons. The zero-order valence-electron chi connectivity index (χ0n) is 12.3. The number of nitrogens with two attached hydrogens (primary N) is 2. The lowest BCUT2D eigenvalue weighted by Gasteiger charge is -2.10. The molecule has 1 heterocycles. The molecule has 4 N–H and O–H groups in total. The number of guanidine groups is 1. The highest BCUT2D eigenvalue weighted by Gasteiger charge is 2.12. The average Bonchev–Trinajstić information content (AvgIpc) is 2.55. The number of pyridine rings is 1. The van der Waals surface area contributed by atoms with Crippen LogP contribution in [0.4, 0.5) is 0 Å². The van der Waals surface area contributed by atoms with Gasteiger partial charge in [-0.2, -0.15) is 4.99 Å². The van der Waals surface area contributed by atoms with Crippen LogP contribution in [-0.2, 0) is 0 Å². The summed E-state index contributed by atoms with van der Waals surface area (Å²) in [5.41, 5.74) is 12.5. The number of hydrogen-bond donors (Lipinski definition) is 2. The maximum absolute atomic E-state index is 12.1. The molecule has 0 fully saturated rings. The second kappa shape index (κ2) is 6.47. The molecule has 0 atom stereocenters. The van der Waals surface area contributed by atoms with Gasteiger partial charge in [-0.05, 0) is 34.5 Å². The third kappa shape index (κ3) is 3.18. The van der Waals surface area contributed by atoms with Crippen molar-refractivity contribution in [1.29, 1.82) is 0 Å². The first kappa shape index (κ1) is 16.2. The zero-order chi connectivity index (χ0) is 17.3. The molecule has 120 valence electrons. The summed E-state index contributed by atoms with van der Waals surface area (Å²) in [5, 5.41) is 2.57. The molecule has 0 unspecified atom stereocenters. The molecule has 0 aliphatic heterocycles. The van der Waals surface area contributed by atoms with Crippen molar-refractivity contribution in [2.45, 2.75) is 0 Å². The van der Waals surface area contributed by atoms with Gasteiger partial charge in [0.1, 0.15) is 5.15 Å². The van der Waals surface area contributed by atoms with Crippen LogP contribution in [0.5, 0.6) is 0 Å². The predicted octanol–water partition coefficient (Wildman–Crippen LogP) is 3.62. The lowest BCUT2D eigenvalue weighted by molar-refractivity contribution is 0.100. The van der Waals surface area contributed by atoms with Gasteiger partial charge in [0.25, 0.3) is 5.91 Å². The number of hydrogen-bond acceptors (Lipinski definition) is 2. The van der Waals surface area contributed by atoms with Crippen molar-refractivity contribution >= 4 is 45.8 Å². The van der Waals surface area contributed by atoms with Crippen LogP contribution in [0.2, 0.25) is 10.2 Å². The van der Waals surface area contributed by atoms with Crippen molar-refractivity contribution in [3.63, 3.8) is 0 Å². The summed E-state index contributed by atoms with van der Waals surface area (Å²) < 4.78 is 0.